The molecule has 0 bridgehead atoms. The van der Waals surface area contributed by atoms with Crippen molar-refractivity contribution in [1.29, 1.82) is 0 Å². The lowest BCUT2D eigenvalue weighted by molar-refractivity contribution is 0.567. The number of H-pyrrole nitrogens is 2. The molecule has 1 fully saturated rings. The van der Waals surface area contributed by atoms with E-state index in [9.17, 15) is 8.42 Å². The van der Waals surface area contributed by atoms with E-state index in [4.69, 9.17) is 0 Å². The van der Waals surface area contributed by atoms with E-state index in [1.165, 1.54) is 19.0 Å². The maximum absolute atomic E-state index is 12.3. The third-order valence-corrected chi connectivity index (χ3v) is 5.06. The second-order valence-corrected chi connectivity index (χ2v) is 7.10. The van der Waals surface area contributed by atoms with E-state index < -0.39 is 10.0 Å². The summed E-state index contributed by atoms with van der Waals surface area (Å²) in [7, 11) is -3.54. The van der Waals surface area contributed by atoms with Crippen LogP contribution < -0.4 is 10.0 Å². The van der Waals surface area contributed by atoms with Gasteiger partial charge in [0.2, 0.25) is 10.0 Å². The summed E-state index contributed by atoms with van der Waals surface area (Å²) in [5.41, 5.74) is 1.67. The van der Waals surface area contributed by atoms with Crippen LogP contribution in [0.25, 0.3) is 0 Å². The molecule has 0 radical (unpaired) electrons. The van der Waals surface area contributed by atoms with Crippen molar-refractivity contribution in [1.82, 2.24) is 25.2 Å². The molecule has 0 saturated heterocycles. The summed E-state index contributed by atoms with van der Waals surface area (Å²) < 4.78 is 27.3. The van der Waals surface area contributed by atoms with Gasteiger partial charge in [-0.05, 0) is 25.8 Å². The molecule has 21 heavy (non-hydrogen) atoms. The Balaban J connectivity index is 1.66. The van der Waals surface area contributed by atoms with Gasteiger partial charge in [0.25, 0.3) is 0 Å². The predicted molar refractivity (Wildman–Crippen MR) is 78.0 cm³/mol. The lowest BCUT2D eigenvalue weighted by Gasteiger charge is -2.11. The largest absolute Gasteiger partial charge is 0.363 e. The summed E-state index contributed by atoms with van der Waals surface area (Å²) in [4.78, 5) is 3.26. The summed E-state index contributed by atoms with van der Waals surface area (Å²) in [6.07, 6.45) is 7.21. The SMILES string of the molecule is CC(NS(=O)(=O)c1c[nH]c(CNC2CC2)c1)c1cn[nH]c1. The van der Waals surface area contributed by atoms with Crippen LogP contribution in [-0.4, -0.2) is 29.6 Å². The first-order valence-corrected chi connectivity index (χ1v) is 8.44. The summed E-state index contributed by atoms with van der Waals surface area (Å²) >= 11 is 0. The van der Waals surface area contributed by atoms with Gasteiger partial charge in [-0.25, -0.2) is 13.1 Å². The fourth-order valence-corrected chi connectivity index (χ4v) is 3.33. The summed E-state index contributed by atoms with van der Waals surface area (Å²) in [5, 5.41) is 9.84. The third-order valence-electron chi connectivity index (χ3n) is 3.54. The molecule has 1 atom stereocenters. The monoisotopic (exact) mass is 309 g/mol. The Morgan fingerprint density at radius 1 is 1.43 bits per heavy atom. The minimum Gasteiger partial charge on any atom is -0.363 e. The molecule has 7 nitrogen and oxygen atoms in total. The number of aromatic amines is 2. The summed E-state index contributed by atoms with van der Waals surface area (Å²) in [6, 6.07) is 1.92. The van der Waals surface area contributed by atoms with Gasteiger partial charge in [-0.15, -0.1) is 0 Å². The molecule has 0 aromatic carbocycles. The highest BCUT2D eigenvalue weighted by atomic mass is 32.2. The molecule has 0 spiro atoms. The van der Waals surface area contributed by atoms with E-state index >= 15 is 0 Å². The van der Waals surface area contributed by atoms with E-state index in [-0.39, 0.29) is 10.9 Å². The maximum atomic E-state index is 12.3. The molecule has 114 valence electrons. The zero-order chi connectivity index (χ0) is 14.9. The minimum absolute atomic E-state index is 0.255. The van der Waals surface area contributed by atoms with Gasteiger partial charge in [0.15, 0.2) is 0 Å². The fraction of sp³-hybridized carbons (Fsp3) is 0.462. The predicted octanol–water partition coefficient (Wildman–Crippen LogP) is 1.03. The Morgan fingerprint density at radius 3 is 2.90 bits per heavy atom. The van der Waals surface area contributed by atoms with Crippen LogP contribution in [-0.2, 0) is 16.6 Å². The molecule has 1 unspecified atom stereocenters. The molecule has 1 aliphatic rings. The number of nitrogens with one attached hydrogen (secondary N) is 4. The second kappa shape index (κ2) is 5.63. The van der Waals surface area contributed by atoms with Gasteiger partial charge in [0.05, 0.1) is 11.1 Å². The number of hydrogen-bond donors (Lipinski definition) is 4. The molecule has 2 aromatic rings. The molecule has 3 rings (SSSR count). The van der Waals surface area contributed by atoms with Gasteiger partial charge >= 0.3 is 0 Å². The third kappa shape index (κ3) is 3.52. The highest BCUT2D eigenvalue weighted by molar-refractivity contribution is 7.89. The lowest BCUT2D eigenvalue weighted by Crippen LogP contribution is -2.26. The minimum atomic E-state index is -3.54. The zero-order valence-corrected chi connectivity index (χ0v) is 12.6. The average molecular weight is 309 g/mol. The molecule has 0 amide bonds. The van der Waals surface area contributed by atoms with Crippen molar-refractivity contribution in [2.45, 2.75) is 43.3 Å². The van der Waals surface area contributed by atoms with E-state index in [1.807, 2.05) is 0 Å². The van der Waals surface area contributed by atoms with Crippen LogP contribution in [0.15, 0.2) is 29.6 Å². The molecule has 4 N–H and O–H groups in total. The van der Waals surface area contributed by atoms with Crippen molar-refractivity contribution in [3.63, 3.8) is 0 Å². The molecular formula is C13H19N5O2S. The van der Waals surface area contributed by atoms with Crippen LogP contribution in [0, 0.1) is 0 Å². The van der Waals surface area contributed by atoms with Crippen LogP contribution in [0.5, 0.6) is 0 Å². The number of aromatic nitrogens is 3. The normalized spacial score (nSPS) is 17.0. The number of nitrogens with zero attached hydrogens (tertiary/aromatic N) is 1. The van der Waals surface area contributed by atoms with Gasteiger partial charge in [-0.3, -0.25) is 5.10 Å². The number of hydrogen-bond acceptors (Lipinski definition) is 4. The van der Waals surface area contributed by atoms with Gasteiger partial charge in [-0.1, -0.05) is 0 Å². The lowest BCUT2D eigenvalue weighted by atomic mass is 10.2. The second-order valence-electron chi connectivity index (χ2n) is 5.39. The van der Waals surface area contributed by atoms with Crippen LogP contribution >= 0.6 is 0 Å². The van der Waals surface area contributed by atoms with E-state index in [1.54, 1.807) is 25.4 Å². The van der Waals surface area contributed by atoms with E-state index in [0.29, 0.717) is 12.6 Å². The van der Waals surface area contributed by atoms with Crippen molar-refractivity contribution < 1.29 is 8.42 Å². The summed E-state index contributed by atoms with van der Waals surface area (Å²) in [5.74, 6) is 0. The fourth-order valence-electron chi connectivity index (χ4n) is 2.08. The quantitative estimate of drug-likeness (QED) is 0.613. The highest BCUT2D eigenvalue weighted by Crippen LogP contribution is 2.20. The Kier molecular flexibility index (Phi) is 3.83. The Labute approximate surface area is 123 Å². The first-order valence-electron chi connectivity index (χ1n) is 6.96. The number of rotatable bonds is 7. The maximum Gasteiger partial charge on any atom is 0.242 e. The molecule has 2 aromatic heterocycles. The van der Waals surface area contributed by atoms with Crippen molar-refractivity contribution >= 4 is 10.0 Å². The summed E-state index contributed by atoms with van der Waals surface area (Å²) in [6.45, 7) is 2.45. The Bertz CT molecular complexity index is 688. The van der Waals surface area contributed by atoms with Gasteiger partial charge < -0.3 is 10.3 Å². The molecule has 1 aliphatic carbocycles. The van der Waals surface area contributed by atoms with Gasteiger partial charge in [-0.2, -0.15) is 5.10 Å². The van der Waals surface area contributed by atoms with Gasteiger partial charge in [0, 0.05) is 42.3 Å². The van der Waals surface area contributed by atoms with E-state index in [2.05, 4.69) is 25.2 Å². The van der Waals surface area contributed by atoms with Gasteiger partial charge in [0.1, 0.15) is 0 Å². The topological polar surface area (TPSA) is 103 Å². The first-order chi connectivity index (χ1) is 10.0. The highest BCUT2D eigenvalue weighted by Gasteiger charge is 2.22. The molecule has 8 heteroatoms. The van der Waals surface area contributed by atoms with Crippen LogP contribution in [0.3, 0.4) is 0 Å². The zero-order valence-electron chi connectivity index (χ0n) is 11.8. The number of sulfonamides is 1. The van der Waals surface area contributed by atoms with Crippen molar-refractivity contribution in [3.05, 3.63) is 35.9 Å². The average Bonchev–Trinajstić information content (AvgIpc) is 2.96. The van der Waals surface area contributed by atoms with Crippen LogP contribution in [0.4, 0.5) is 0 Å². The Hall–Kier alpha value is -1.64. The van der Waals surface area contributed by atoms with Crippen molar-refractivity contribution in [2.75, 3.05) is 0 Å². The Morgan fingerprint density at radius 2 is 2.24 bits per heavy atom. The molecule has 2 heterocycles. The smallest absolute Gasteiger partial charge is 0.242 e. The molecule has 0 aliphatic heterocycles. The first kappa shape index (κ1) is 14.3. The molecular weight excluding hydrogens is 290 g/mol. The van der Waals surface area contributed by atoms with Crippen LogP contribution in [0.1, 0.15) is 37.1 Å². The van der Waals surface area contributed by atoms with Crippen molar-refractivity contribution in [3.8, 4) is 0 Å². The standard InChI is InChI=1S/C13H19N5O2S/c1-9(10-5-16-17-6-10)18-21(19,20)13-4-12(15-8-13)7-14-11-2-3-11/h4-6,8-9,11,14-15,18H,2-3,7H2,1H3,(H,16,17). The van der Waals surface area contributed by atoms with E-state index in [0.717, 1.165) is 11.3 Å². The van der Waals surface area contributed by atoms with Crippen molar-refractivity contribution in [2.24, 2.45) is 0 Å². The van der Waals surface area contributed by atoms with Crippen LogP contribution in [0.2, 0.25) is 0 Å². The molecule has 1 saturated carbocycles.